The molecule has 0 aromatic heterocycles. The molecule has 0 aromatic rings. The average Bonchev–Trinajstić information content (AvgIpc) is 2.65. The molecule has 0 radical (unpaired) electrons. The van der Waals surface area contributed by atoms with Gasteiger partial charge in [-0.3, -0.25) is 19.2 Å². The molecule has 31 heavy (non-hydrogen) atoms. The Labute approximate surface area is 181 Å². The van der Waals surface area contributed by atoms with Crippen molar-refractivity contribution in [3.8, 4) is 0 Å². The molecule has 12 nitrogen and oxygen atoms in total. The molecule has 0 rings (SSSR count). The molecule has 12 heteroatoms. The number of nitrogens with one attached hydrogen (secondary N) is 4. The van der Waals surface area contributed by atoms with Gasteiger partial charge in [0.2, 0.25) is 17.7 Å². The van der Waals surface area contributed by atoms with Crippen molar-refractivity contribution in [2.45, 2.75) is 77.7 Å². The van der Waals surface area contributed by atoms with Gasteiger partial charge in [-0.1, -0.05) is 20.8 Å². The van der Waals surface area contributed by atoms with Crippen molar-refractivity contribution in [2.75, 3.05) is 6.54 Å². The first kappa shape index (κ1) is 28.3. The van der Waals surface area contributed by atoms with Crippen molar-refractivity contribution in [1.29, 1.82) is 0 Å². The lowest BCUT2D eigenvalue weighted by Gasteiger charge is -2.26. The monoisotopic (exact) mass is 446 g/mol. The van der Waals surface area contributed by atoms with Crippen molar-refractivity contribution >= 4 is 29.7 Å². The van der Waals surface area contributed by atoms with Crippen molar-refractivity contribution in [3.05, 3.63) is 0 Å². The number of rotatable bonds is 14. The molecule has 0 aliphatic rings. The number of amides is 3. The molecule has 0 heterocycles. The summed E-state index contributed by atoms with van der Waals surface area (Å²) >= 11 is 0. The second kappa shape index (κ2) is 13.5. The first-order valence-electron chi connectivity index (χ1n) is 10.1. The molecule has 3 amide bonds. The Morgan fingerprint density at radius 1 is 0.806 bits per heavy atom. The number of likely N-dealkylation sites (N-methyl/N-ethyl adjacent to an activating group) is 1. The molecule has 0 saturated carbocycles. The predicted molar refractivity (Wildman–Crippen MR) is 110 cm³/mol. The van der Waals surface area contributed by atoms with Crippen LogP contribution in [0.5, 0.6) is 0 Å². The van der Waals surface area contributed by atoms with Crippen LogP contribution in [-0.4, -0.2) is 81.8 Å². The maximum absolute atomic E-state index is 12.5. The van der Waals surface area contributed by atoms with E-state index in [4.69, 9.17) is 10.2 Å². The van der Waals surface area contributed by atoms with Gasteiger partial charge in [0.25, 0.3) is 0 Å². The number of carbonyl (C=O) groups is 5. The van der Waals surface area contributed by atoms with Gasteiger partial charge >= 0.3 is 11.9 Å². The van der Waals surface area contributed by atoms with Crippen LogP contribution in [-0.2, 0) is 24.0 Å². The van der Waals surface area contributed by atoms with E-state index in [9.17, 15) is 29.1 Å². The highest BCUT2D eigenvalue weighted by molar-refractivity contribution is 5.94. The molecule has 0 spiro atoms. The second-order valence-corrected chi connectivity index (χ2v) is 7.57. The molecule has 0 fully saturated rings. The quantitative estimate of drug-likeness (QED) is 0.165. The Morgan fingerprint density at radius 3 is 1.77 bits per heavy atom. The lowest BCUT2D eigenvalue weighted by Crippen LogP contribution is -2.59. The van der Waals surface area contributed by atoms with Crippen molar-refractivity contribution in [3.63, 3.8) is 0 Å². The van der Waals surface area contributed by atoms with E-state index in [1.807, 2.05) is 0 Å². The summed E-state index contributed by atoms with van der Waals surface area (Å²) in [7, 11) is 0. The van der Waals surface area contributed by atoms with Crippen LogP contribution in [0, 0.1) is 5.92 Å². The molecule has 1 unspecified atom stereocenters. The molecular formula is C19H34N4O8. The van der Waals surface area contributed by atoms with Gasteiger partial charge in [0.05, 0.1) is 12.1 Å². The number of aliphatic carboxylic acids is 2. The van der Waals surface area contributed by atoms with Gasteiger partial charge in [0, 0.05) is 6.42 Å². The third-order valence-electron chi connectivity index (χ3n) is 4.46. The fourth-order valence-electron chi connectivity index (χ4n) is 2.66. The number of aliphatic hydroxyl groups excluding tert-OH is 1. The average molecular weight is 447 g/mol. The zero-order valence-corrected chi connectivity index (χ0v) is 18.5. The lowest BCUT2D eigenvalue weighted by atomic mass is 10.0. The van der Waals surface area contributed by atoms with Crippen molar-refractivity contribution < 1.29 is 39.3 Å². The summed E-state index contributed by atoms with van der Waals surface area (Å²) in [6.45, 7) is 7.94. The SMILES string of the molecule is CCN[C@@H](CCC(=O)O)C(=O)N[C@H](C(=O)N[C@@H](C)C(=O)N[C@H](C(=O)O)C(C)C)C(C)O. The number of carbonyl (C=O) groups excluding carboxylic acids is 3. The summed E-state index contributed by atoms with van der Waals surface area (Å²) < 4.78 is 0. The molecule has 7 N–H and O–H groups in total. The minimum Gasteiger partial charge on any atom is -0.481 e. The second-order valence-electron chi connectivity index (χ2n) is 7.57. The Bertz CT molecular complexity index is 653. The third kappa shape index (κ3) is 10.2. The minimum absolute atomic E-state index is 0.0201. The fourth-order valence-corrected chi connectivity index (χ4v) is 2.66. The number of carboxylic acid groups (broad SMARTS) is 2. The van der Waals surface area contributed by atoms with Crippen LogP contribution in [0.2, 0.25) is 0 Å². The normalized spacial score (nSPS) is 15.8. The van der Waals surface area contributed by atoms with Crippen molar-refractivity contribution in [2.24, 2.45) is 5.92 Å². The maximum atomic E-state index is 12.5. The number of carboxylic acids is 2. The Balaban J connectivity index is 5.14. The van der Waals surface area contributed by atoms with Crippen LogP contribution in [0.25, 0.3) is 0 Å². The smallest absolute Gasteiger partial charge is 0.326 e. The van der Waals surface area contributed by atoms with Crippen LogP contribution >= 0.6 is 0 Å². The van der Waals surface area contributed by atoms with E-state index >= 15 is 0 Å². The zero-order chi connectivity index (χ0) is 24.3. The Hall–Kier alpha value is -2.73. The van der Waals surface area contributed by atoms with E-state index in [2.05, 4.69) is 21.3 Å². The Kier molecular flexibility index (Phi) is 12.4. The largest absolute Gasteiger partial charge is 0.481 e. The van der Waals surface area contributed by atoms with E-state index in [0.29, 0.717) is 6.54 Å². The summed E-state index contributed by atoms with van der Waals surface area (Å²) in [5.41, 5.74) is 0. The summed E-state index contributed by atoms with van der Waals surface area (Å²) in [6, 6.07) is -4.58. The van der Waals surface area contributed by atoms with Crippen LogP contribution in [0.15, 0.2) is 0 Å². The van der Waals surface area contributed by atoms with Crippen LogP contribution < -0.4 is 21.3 Å². The molecule has 0 aliphatic heterocycles. The fraction of sp³-hybridized carbons (Fsp3) is 0.737. The number of aliphatic hydroxyl groups is 1. The lowest BCUT2D eigenvalue weighted by molar-refractivity contribution is -0.143. The first-order chi connectivity index (χ1) is 14.3. The van der Waals surface area contributed by atoms with E-state index in [1.54, 1.807) is 20.8 Å². The third-order valence-corrected chi connectivity index (χ3v) is 4.46. The highest BCUT2D eigenvalue weighted by Crippen LogP contribution is 2.04. The summed E-state index contributed by atoms with van der Waals surface area (Å²) in [6.07, 6.45) is -1.61. The van der Waals surface area contributed by atoms with Gasteiger partial charge in [-0.05, 0) is 32.7 Å². The summed E-state index contributed by atoms with van der Waals surface area (Å²) in [5, 5.41) is 37.8. The first-order valence-corrected chi connectivity index (χ1v) is 10.1. The molecule has 5 atom stereocenters. The number of hydrogen-bond acceptors (Lipinski definition) is 7. The number of hydrogen-bond donors (Lipinski definition) is 7. The van der Waals surface area contributed by atoms with Gasteiger partial charge in [-0.15, -0.1) is 0 Å². The highest BCUT2D eigenvalue weighted by Gasteiger charge is 2.32. The predicted octanol–water partition coefficient (Wildman–Crippen LogP) is -1.57. The summed E-state index contributed by atoms with van der Waals surface area (Å²) in [4.78, 5) is 59.3. The van der Waals surface area contributed by atoms with E-state index < -0.39 is 59.9 Å². The van der Waals surface area contributed by atoms with Crippen LogP contribution in [0.1, 0.15) is 47.5 Å². The van der Waals surface area contributed by atoms with Gasteiger partial charge in [0.15, 0.2) is 0 Å². The van der Waals surface area contributed by atoms with Gasteiger partial charge in [-0.2, -0.15) is 0 Å². The topological polar surface area (TPSA) is 194 Å². The maximum Gasteiger partial charge on any atom is 0.326 e. The van der Waals surface area contributed by atoms with Gasteiger partial charge < -0.3 is 36.6 Å². The minimum atomic E-state index is -1.41. The van der Waals surface area contributed by atoms with E-state index in [1.165, 1.54) is 13.8 Å². The standard InChI is InChI=1S/C19H34N4O8/c1-6-20-12(7-8-13(25)26)17(28)23-15(11(5)24)18(29)21-10(4)16(27)22-14(9(2)3)19(30)31/h9-12,14-15,20,24H,6-8H2,1-5H3,(H,21,29)(H,22,27)(H,23,28)(H,25,26)(H,30,31)/t10-,11?,12-,14-,15-/m0/s1. The van der Waals surface area contributed by atoms with Crippen LogP contribution in [0.4, 0.5) is 0 Å². The zero-order valence-electron chi connectivity index (χ0n) is 18.5. The molecule has 0 saturated heterocycles. The van der Waals surface area contributed by atoms with Crippen LogP contribution in [0.3, 0.4) is 0 Å². The van der Waals surface area contributed by atoms with E-state index in [-0.39, 0.29) is 18.8 Å². The van der Waals surface area contributed by atoms with E-state index in [0.717, 1.165) is 0 Å². The highest BCUT2D eigenvalue weighted by atomic mass is 16.4. The molecule has 0 aliphatic carbocycles. The van der Waals surface area contributed by atoms with Gasteiger partial charge in [0.1, 0.15) is 18.1 Å². The van der Waals surface area contributed by atoms with Gasteiger partial charge in [-0.25, -0.2) is 4.79 Å². The molecule has 0 aromatic carbocycles. The molecule has 178 valence electrons. The van der Waals surface area contributed by atoms with Crippen molar-refractivity contribution in [1.82, 2.24) is 21.3 Å². The molecule has 0 bridgehead atoms. The Morgan fingerprint density at radius 2 is 1.35 bits per heavy atom. The summed E-state index contributed by atoms with van der Waals surface area (Å²) in [5.74, 6) is -4.95. The molecular weight excluding hydrogens is 412 g/mol.